The molecule has 1 heterocycles. The minimum absolute atomic E-state index is 0.0803. The van der Waals surface area contributed by atoms with Gasteiger partial charge < -0.3 is 4.57 Å². The van der Waals surface area contributed by atoms with E-state index in [9.17, 15) is 0 Å². The minimum atomic E-state index is 0.0803. The summed E-state index contributed by atoms with van der Waals surface area (Å²) in [6.07, 6.45) is 3.58. The number of benzene rings is 3. The van der Waals surface area contributed by atoms with Crippen LogP contribution in [0.2, 0.25) is 0 Å². The zero-order valence-electron chi connectivity index (χ0n) is 16.3. The molecule has 6 rings (SSSR count). The van der Waals surface area contributed by atoms with E-state index in [2.05, 4.69) is 103 Å². The van der Waals surface area contributed by atoms with E-state index in [-0.39, 0.29) is 5.41 Å². The fraction of sp³-hybridized carbons (Fsp3) is 0.185. The van der Waals surface area contributed by atoms with Crippen molar-refractivity contribution in [3.05, 3.63) is 107 Å². The molecule has 1 aromatic heterocycles. The van der Waals surface area contributed by atoms with Crippen molar-refractivity contribution in [1.82, 2.24) is 4.57 Å². The molecule has 4 aromatic rings. The van der Waals surface area contributed by atoms with Crippen molar-refractivity contribution in [2.75, 3.05) is 0 Å². The molecule has 0 radical (unpaired) electrons. The van der Waals surface area contributed by atoms with Gasteiger partial charge in [0.2, 0.25) is 0 Å². The maximum absolute atomic E-state index is 2.50. The first-order chi connectivity index (χ1) is 13.7. The third kappa shape index (κ3) is 1.97. The standard InChI is InChI=1S/C27H23N/c1-27(2)23-14-8-6-12-19(23)21-16-22-20-13-7-9-15-25(20)28(26(22)17-24(21)27)18-10-4-3-5-11-18/h3-15,17,21H,16H2,1-2H3. The Morgan fingerprint density at radius 1 is 0.821 bits per heavy atom. The Balaban J connectivity index is 1.68. The molecular weight excluding hydrogens is 338 g/mol. The third-order valence-electron chi connectivity index (χ3n) is 6.84. The highest BCUT2D eigenvalue weighted by Crippen LogP contribution is 2.55. The quantitative estimate of drug-likeness (QED) is 0.358. The molecule has 0 spiro atoms. The molecule has 2 aliphatic carbocycles. The van der Waals surface area contributed by atoms with Crippen LogP contribution in [0.1, 0.15) is 42.1 Å². The Bertz CT molecular complexity index is 1250. The van der Waals surface area contributed by atoms with Crippen molar-refractivity contribution in [2.24, 2.45) is 0 Å². The van der Waals surface area contributed by atoms with Crippen LogP contribution in [-0.4, -0.2) is 4.57 Å². The Labute approximate surface area is 165 Å². The molecular formula is C27H23N. The van der Waals surface area contributed by atoms with E-state index >= 15 is 0 Å². The molecule has 0 N–H and O–H groups in total. The first kappa shape index (κ1) is 15.9. The summed E-state index contributed by atoms with van der Waals surface area (Å²) in [6, 6.07) is 28.7. The van der Waals surface area contributed by atoms with E-state index in [0.717, 1.165) is 6.42 Å². The monoisotopic (exact) mass is 361 g/mol. The van der Waals surface area contributed by atoms with Crippen LogP contribution in [0, 0.1) is 0 Å². The average Bonchev–Trinajstić information content (AvgIpc) is 3.17. The highest BCUT2D eigenvalue weighted by Gasteiger charge is 2.43. The van der Waals surface area contributed by atoms with E-state index in [1.54, 1.807) is 5.57 Å². The third-order valence-corrected chi connectivity index (χ3v) is 6.84. The Hall–Kier alpha value is -3.06. The van der Waals surface area contributed by atoms with E-state index < -0.39 is 0 Å². The van der Waals surface area contributed by atoms with Gasteiger partial charge in [-0.05, 0) is 47.4 Å². The van der Waals surface area contributed by atoms with E-state index in [1.807, 2.05) is 0 Å². The molecule has 0 fully saturated rings. The summed E-state index contributed by atoms with van der Waals surface area (Å²) >= 11 is 0. The molecule has 1 unspecified atom stereocenters. The van der Waals surface area contributed by atoms with Crippen LogP contribution in [-0.2, 0) is 11.8 Å². The molecule has 0 saturated carbocycles. The van der Waals surface area contributed by atoms with Crippen LogP contribution in [0.15, 0.2) is 84.4 Å². The van der Waals surface area contributed by atoms with Crippen LogP contribution < -0.4 is 0 Å². The smallest absolute Gasteiger partial charge is 0.0537 e. The van der Waals surface area contributed by atoms with Crippen LogP contribution >= 0.6 is 0 Å². The van der Waals surface area contributed by atoms with E-state index in [1.165, 1.54) is 39.0 Å². The molecule has 1 atom stereocenters. The van der Waals surface area contributed by atoms with E-state index in [4.69, 9.17) is 0 Å². The number of allylic oxidation sites excluding steroid dienone is 1. The van der Waals surface area contributed by atoms with Crippen molar-refractivity contribution in [3.63, 3.8) is 0 Å². The number of aromatic nitrogens is 1. The summed E-state index contributed by atoms with van der Waals surface area (Å²) in [6.45, 7) is 4.77. The van der Waals surface area contributed by atoms with Gasteiger partial charge in [0.05, 0.1) is 11.2 Å². The number of rotatable bonds is 1. The largest absolute Gasteiger partial charge is 0.310 e. The van der Waals surface area contributed by atoms with Gasteiger partial charge in [-0.25, -0.2) is 0 Å². The molecule has 1 heteroatoms. The van der Waals surface area contributed by atoms with Gasteiger partial charge in [0.25, 0.3) is 0 Å². The molecule has 3 aromatic carbocycles. The van der Waals surface area contributed by atoms with Crippen LogP contribution in [0.5, 0.6) is 0 Å². The lowest BCUT2D eigenvalue weighted by molar-refractivity contribution is 0.613. The first-order valence-electron chi connectivity index (χ1n) is 10.2. The molecule has 0 bridgehead atoms. The second-order valence-corrected chi connectivity index (χ2v) is 8.62. The maximum Gasteiger partial charge on any atom is 0.0537 e. The van der Waals surface area contributed by atoms with Crippen molar-refractivity contribution in [2.45, 2.75) is 31.6 Å². The van der Waals surface area contributed by atoms with Gasteiger partial charge in [-0.15, -0.1) is 0 Å². The zero-order valence-corrected chi connectivity index (χ0v) is 16.3. The van der Waals surface area contributed by atoms with Gasteiger partial charge in [-0.2, -0.15) is 0 Å². The zero-order chi connectivity index (χ0) is 18.9. The molecule has 2 aliphatic rings. The van der Waals surface area contributed by atoms with Crippen molar-refractivity contribution in [1.29, 1.82) is 0 Å². The predicted octanol–water partition coefficient (Wildman–Crippen LogP) is 6.65. The lowest BCUT2D eigenvalue weighted by Gasteiger charge is -2.28. The minimum Gasteiger partial charge on any atom is -0.310 e. The predicted molar refractivity (Wildman–Crippen MR) is 117 cm³/mol. The second kappa shape index (κ2) is 5.48. The van der Waals surface area contributed by atoms with Gasteiger partial charge >= 0.3 is 0 Å². The van der Waals surface area contributed by atoms with Crippen molar-refractivity contribution >= 4 is 17.0 Å². The van der Waals surface area contributed by atoms with Crippen molar-refractivity contribution in [3.8, 4) is 5.69 Å². The molecule has 0 amide bonds. The van der Waals surface area contributed by atoms with Gasteiger partial charge in [0.1, 0.15) is 0 Å². The number of para-hydroxylation sites is 2. The van der Waals surface area contributed by atoms with Crippen LogP contribution in [0.4, 0.5) is 0 Å². The first-order valence-corrected chi connectivity index (χ1v) is 10.2. The van der Waals surface area contributed by atoms with Crippen LogP contribution in [0.3, 0.4) is 0 Å². The molecule has 0 aliphatic heterocycles. The lowest BCUT2D eigenvalue weighted by Crippen LogP contribution is -2.19. The normalized spacial score (nSPS) is 19.1. The fourth-order valence-corrected chi connectivity index (χ4v) is 5.53. The Morgan fingerprint density at radius 2 is 1.54 bits per heavy atom. The summed E-state index contributed by atoms with van der Waals surface area (Å²) in [4.78, 5) is 0. The lowest BCUT2D eigenvalue weighted by atomic mass is 9.76. The maximum atomic E-state index is 2.50. The summed E-state index contributed by atoms with van der Waals surface area (Å²) in [7, 11) is 0. The highest BCUT2D eigenvalue weighted by atomic mass is 15.0. The van der Waals surface area contributed by atoms with Gasteiger partial charge in [0, 0.05) is 22.4 Å². The number of hydrogen-bond acceptors (Lipinski definition) is 0. The highest BCUT2D eigenvalue weighted by molar-refractivity contribution is 5.92. The SMILES string of the molecule is CC1(C)C2=Cc3c(c4ccccc4n3-c3ccccc3)CC2c2ccccc21. The molecule has 1 nitrogen and oxygen atoms in total. The Kier molecular flexibility index (Phi) is 3.12. The summed E-state index contributed by atoms with van der Waals surface area (Å²) < 4.78 is 2.45. The molecule has 136 valence electrons. The van der Waals surface area contributed by atoms with Gasteiger partial charge in [0.15, 0.2) is 0 Å². The Morgan fingerprint density at radius 3 is 2.39 bits per heavy atom. The number of hydrogen-bond donors (Lipinski definition) is 0. The average molecular weight is 361 g/mol. The van der Waals surface area contributed by atoms with Gasteiger partial charge in [-0.1, -0.05) is 80.1 Å². The summed E-state index contributed by atoms with van der Waals surface area (Å²) in [5.74, 6) is 0.494. The van der Waals surface area contributed by atoms with Crippen molar-refractivity contribution < 1.29 is 0 Å². The number of nitrogens with zero attached hydrogens (tertiary/aromatic N) is 1. The summed E-state index contributed by atoms with van der Waals surface area (Å²) in [5, 5.41) is 1.39. The van der Waals surface area contributed by atoms with Gasteiger partial charge in [-0.3, -0.25) is 0 Å². The summed E-state index contributed by atoms with van der Waals surface area (Å²) in [5.41, 5.74) is 10.0. The van der Waals surface area contributed by atoms with E-state index in [0.29, 0.717) is 5.92 Å². The number of fused-ring (bicyclic) bond motifs is 6. The second-order valence-electron chi connectivity index (χ2n) is 8.62. The molecule has 28 heavy (non-hydrogen) atoms. The van der Waals surface area contributed by atoms with Crippen LogP contribution in [0.25, 0.3) is 22.7 Å². The fourth-order valence-electron chi connectivity index (χ4n) is 5.53. The molecule has 0 saturated heterocycles. The topological polar surface area (TPSA) is 4.93 Å².